The highest BCUT2D eigenvalue weighted by atomic mass is 19.4. The van der Waals surface area contributed by atoms with Gasteiger partial charge in [0.05, 0.1) is 23.8 Å². The highest BCUT2D eigenvalue weighted by Gasteiger charge is 2.33. The number of hydrogen-bond acceptors (Lipinski definition) is 7. The number of nitro groups is 1. The van der Waals surface area contributed by atoms with Gasteiger partial charge in [0.1, 0.15) is 5.69 Å². The molecule has 1 aliphatic heterocycles. The summed E-state index contributed by atoms with van der Waals surface area (Å²) in [4.78, 5) is 24.8. The second-order valence-electron chi connectivity index (χ2n) is 8.49. The van der Waals surface area contributed by atoms with Gasteiger partial charge >= 0.3 is 6.18 Å². The van der Waals surface area contributed by atoms with E-state index < -0.39 is 22.4 Å². The Morgan fingerprint density at radius 1 is 1.19 bits per heavy atom. The van der Waals surface area contributed by atoms with Gasteiger partial charge in [0.25, 0.3) is 11.6 Å². The van der Waals surface area contributed by atoms with Crippen LogP contribution in [0.2, 0.25) is 0 Å². The number of rotatable bonds is 8. The van der Waals surface area contributed by atoms with Crippen LogP contribution in [0, 0.1) is 10.1 Å². The third-order valence-electron chi connectivity index (χ3n) is 5.94. The molecule has 0 aromatic heterocycles. The summed E-state index contributed by atoms with van der Waals surface area (Å²) in [7, 11) is 1.43. The number of carbonyl (C=O) groups is 1. The lowest BCUT2D eigenvalue weighted by Crippen LogP contribution is -2.49. The van der Waals surface area contributed by atoms with E-state index in [1.54, 1.807) is 18.2 Å². The van der Waals surface area contributed by atoms with Crippen molar-refractivity contribution in [3.05, 3.63) is 57.6 Å². The van der Waals surface area contributed by atoms with E-state index in [1.807, 2.05) is 18.7 Å². The molecule has 36 heavy (non-hydrogen) atoms. The van der Waals surface area contributed by atoms with Crippen LogP contribution in [0.25, 0.3) is 0 Å². The Balaban J connectivity index is 1.68. The Labute approximate surface area is 206 Å². The number of nitro benzene ring substituents is 1. The van der Waals surface area contributed by atoms with E-state index in [2.05, 4.69) is 10.5 Å². The third kappa shape index (κ3) is 6.43. The first-order valence-corrected chi connectivity index (χ1v) is 11.3. The lowest BCUT2D eigenvalue weighted by Gasteiger charge is -2.39. The highest BCUT2D eigenvalue weighted by molar-refractivity contribution is 5.82. The summed E-state index contributed by atoms with van der Waals surface area (Å²) >= 11 is 0. The molecule has 1 saturated heterocycles. The van der Waals surface area contributed by atoms with Gasteiger partial charge in [-0.1, -0.05) is 0 Å². The summed E-state index contributed by atoms with van der Waals surface area (Å²) in [6.45, 7) is 3.91. The van der Waals surface area contributed by atoms with E-state index in [1.165, 1.54) is 13.3 Å². The van der Waals surface area contributed by atoms with Crippen LogP contribution in [-0.2, 0) is 11.0 Å². The number of alkyl halides is 3. The number of amides is 1. The highest BCUT2D eigenvalue weighted by Crippen LogP contribution is 2.35. The van der Waals surface area contributed by atoms with Crippen molar-refractivity contribution in [3.8, 4) is 11.5 Å². The first kappa shape index (κ1) is 26.8. The van der Waals surface area contributed by atoms with Crippen molar-refractivity contribution in [3.63, 3.8) is 0 Å². The van der Waals surface area contributed by atoms with Crippen molar-refractivity contribution in [1.29, 1.82) is 0 Å². The molecule has 2 aromatic rings. The first-order valence-electron chi connectivity index (χ1n) is 11.3. The molecule has 2 aromatic carbocycles. The number of piperidine rings is 1. The van der Waals surface area contributed by atoms with Gasteiger partial charge in [-0.3, -0.25) is 20.3 Å². The summed E-state index contributed by atoms with van der Waals surface area (Å²) < 4.78 is 49.6. The maximum Gasteiger partial charge on any atom is 0.416 e. The van der Waals surface area contributed by atoms with Crippen molar-refractivity contribution in [2.75, 3.05) is 19.1 Å². The maximum atomic E-state index is 12.9. The molecule has 0 radical (unpaired) electrons. The molecule has 1 fully saturated rings. The number of benzene rings is 2. The molecule has 12 heteroatoms. The second-order valence-corrected chi connectivity index (χ2v) is 8.49. The number of nitrogens with zero attached hydrogens (tertiary/aromatic N) is 3. The van der Waals surface area contributed by atoms with E-state index in [9.17, 15) is 28.1 Å². The van der Waals surface area contributed by atoms with Crippen LogP contribution in [0.15, 0.2) is 41.5 Å². The Bertz CT molecular complexity index is 1130. The number of halogens is 3. The molecule has 194 valence electrons. The van der Waals surface area contributed by atoms with Crippen LogP contribution >= 0.6 is 0 Å². The van der Waals surface area contributed by atoms with Gasteiger partial charge in [-0.2, -0.15) is 18.3 Å². The van der Waals surface area contributed by atoms with Gasteiger partial charge in [-0.05, 0) is 69.0 Å². The fraction of sp³-hybridized carbons (Fsp3) is 0.417. The fourth-order valence-electron chi connectivity index (χ4n) is 4.14. The lowest BCUT2D eigenvalue weighted by atomic mass is 9.97. The zero-order valence-corrected chi connectivity index (χ0v) is 20.0. The van der Waals surface area contributed by atoms with Gasteiger partial charge in [-0.25, -0.2) is 0 Å². The number of hydrazone groups is 1. The quantitative estimate of drug-likeness (QED) is 0.297. The van der Waals surface area contributed by atoms with Crippen molar-refractivity contribution in [2.24, 2.45) is 5.10 Å². The summed E-state index contributed by atoms with van der Waals surface area (Å²) in [5.41, 5.74) is 0.826. The average molecular weight is 508 g/mol. The van der Waals surface area contributed by atoms with Gasteiger partial charge in [0.2, 0.25) is 0 Å². The maximum absolute atomic E-state index is 12.9. The van der Waals surface area contributed by atoms with Crippen LogP contribution in [0.1, 0.15) is 44.2 Å². The normalized spacial score (nSPS) is 18.2. The molecular formula is C24H27F3N4O5. The largest absolute Gasteiger partial charge is 0.493 e. The zero-order valence-electron chi connectivity index (χ0n) is 20.0. The van der Waals surface area contributed by atoms with Gasteiger partial charge in [0, 0.05) is 18.2 Å². The Kier molecular flexibility index (Phi) is 8.38. The lowest BCUT2D eigenvalue weighted by molar-refractivity contribution is -0.384. The minimum atomic E-state index is -4.71. The predicted molar refractivity (Wildman–Crippen MR) is 127 cm³/mol. The van der Waals surface area contributed by atoms with Crippen LogP contribution in [-0.4, -0.2) is 47.7 Å². The van der Waals surface area contributed by atoms with Crippen molar-refractivity contribution < 1.29 is 32.4 Å². The SMILES string of the molecule is COc1cc(/C=N\Nc2ccc(C(F)(F)F)cc2[N+](=O)[O-])ccc1OCC(=O)N1[C@@H](C)CCC[C@@H]1C. The molecule has 3 rings (SSSR count). The smallest absolute Gasteiger partial charge is 0.416 e. The molecule has 1 aliphatic rings. The third-order valence-corrected chi connectivity index (χ3v) is 5.94. The van der Waals surface area contributed by atoms with E-state index >= 15 is 0 Å². The molecule has 1 heterocycles. The number of anilines is 1. The molecule has 0 bridgehead atoms. The summed E-state index contributed by atoms with van der Waals surface area (Å²) in [5.74, 6) is 0.586. The number of likely N-dealkylation sites (tertiary alicyclic amines) is 1. The topological polar surface area (TPSA) is 106 Å². The van der Waals surface area contributed by atoms with Gasteiger partial charge in [0.15, 0.2) is 18.1 Å². The number of ether oxygens (including phenoxy) is 2. The van der Waals surface area contributed by atoms with Crippen molar-refractivity contribution in [2.45, 2.75) is 51.4 Å². The van der Waals surface area contributed by atoms with Crippen LogP contribution in [0.3, 0.4) is 0 Å². The first-order chi connectivity index (χ1) is 17.0. The Morgan fingerprint density at radius 3 is 2.50 bits per heavy atom. The number of nitrogens with one attached hydrogen (secondary N) is 1. The van der Waals surface area contributed by atoms with Crippen LogP contribution in [0.5, 0.6) is 11.5 Å². The van der Waals surface area contributed by atoms with Gasteiger partial charge < -0.3 is 14.4 Å². The average Bonchev–Trinajstić information content (AvgIpc) is 2.82. The fourth-order valence-corrected chi connectivity index (χ4v) is 4.14. The van der Waals surface area contributed by atoms with E-state index in [-0.39, 0.29) is 30.3 Å². The standard InChI is InChI=1S/C24H27F3N4O5/c1-15-5-4-6-16(2)30(15)23(32)14-36-21-10-7-17(11-22(21)35-3)13-28-29-19-9-8-18(24(25,26)27)12-20(19)31(33)34/h7-13,15-16,29H,4-6,14H2,1-3H3/b28-13-/t15-,16-/m0/s1. The summed E-state index contributed by atoms with van der Waals surface area (Å²) in [6.07, 6.45) is -0.392. The molecule has 1 amide bonds. The summed E-state index contributed by atoms with van der Waals surface area (Å²) in [5, 5.41) is 15.1. The molecular weight excluding hydrogens is 481 g/mol. The van der Waals surface area contributed by atoms with Crippen LogP contribution < -0.4 is 14.9 Å². The zero-order chi connectivity index (χ0) is 26.5. The minimum Gasteiger partial charge on any atom is -0.493 e. The second kappa shape index (κ2) is 11.3. The molecule has 0 saturated carbocycles. The predicted octanol–water partition coefficient (Wildman–Crippen LogP) is 5.24. The molecule has 0 spiro atoms. The Morgan fingerprint density at radius 2 is 1.89 bits per heavy atom. The summed E-state index contributed by atoms with van der Waals surface area (Å²) in [6, 6.07) is 7.22. The van der Waals surface area contributed by atoms with Gasteiger partial charge in [-0.15, -0.1) is 0 Å². The van der Waals surface area contributed by atoms with E-state index in [4.69, 9.17) is 9.47 Å². The van der Waals surface area contributed by atoms with Crippen molar-refractivity contribution >= 4 is 23.5 Å². The van der Waals surface area contributed by atoms with E-state index in [0.717, 1.165) is 31.4 Å². The van der Waals surface area contributed by atoms with Crippen LogP contribution in [0.4, 0.5) is 24.5 Å². The van der Waals surface area contributed by atoms with E-state index in [0.29, 0.717) is 23.1 Å². The number of methoxy groups -OCH3 is 1. The Hall–Kier alpha value is -3.83. The number of carbonyl (C=O) groups excluding carboxylic acids is 1. The van der Waals surface area contributed by atoms with Crippen molar-refractivity contribution in [1.82, 2.24) is 4.90 Å². The molecule has 2 atom stereocenters. The monoisotopic (exact) mass is 508 g/mol. The molecule has 0 unspecified atom stereocenters. The molecule has 0 aliphatic carbocycles. The molecule has 9 nitrogen and oxygen atoms in total. The number of hydrogen-bond donors (Lipinski definition) is 1. The molecule has 1 N–H and O–H groups in total. The minimum absolute atomic E-state index is 0.107.